The highest BCUT2D eigenvalue weighted by molar-refractivity contribution is 5.92. The van der Waals surface area contributed by atoms with E-state index in [1.165, 1.54) is 0 Å². The van der Waals surface area contributed by atoms with E-state index in [2.05, 4.69) is 20.8 Å². The van der Waals surface area contributed by atoms with Crippen molar-refractivity contribution in [3.63, 3.8) is 0 Å². The second kappa shape index (κ2) is 11.8. The number of fused-ring (bicyclic) bond motifs is 1. The number of amides is 2. The van der Waals surface area contributed by atoms with Crippen molar-refractivity contribution < 1.29 is 31.9 Å². The molecule has 6 rings (SSSR count). The Labute approximate surface area is 251 Å². The molecule has 3 fully saturated rings. The van der Waals surface area contributed by atoms with Crippen molar-refractivity contribution in [3.8, 4) is 0 Å². The normalized spacial score (nSPS) is 21.6. The zero-order chi connectivity index (χ0) is 31.2. The summed E-state index contributed by atoms with van der Waals surface area (Å²) in [6.45, 7) is 3.52. The molecule has 0 spiro atoms. The van der Waals surface area contributed by atoms with Gasteiger partial charge in [0.25, 0.3) is 11.8 Å². The number of aromatic nitrogens is 5. The standard InChI is InChI=1S/C30H37F4N7O3/c1-17(2)41-23(7-10-35-41)28(43)39-27(19-5-8-29(31,32)9-6-19)22-15-40-24(37-22)11-20(14-36-40)26(18-3-4-18)38-25(42)16-44-21-12-30(33,34)13-21/h7,10-11,14-15,17-19,21,26-27H,3-6,8-9,12-13,16H2,1-2H3,(H,38,42)(H,39,43)/t26-,27+/m1/s1. The molecule has 3 saturated carbocycles. The molecule has 3 aromatic heterocycles. The van der Waals surface area contributed by atoms with Gasteiger partial charge in [-0.1, -0.05) is 0 Å². The van der Waals surface area contributed by atoms with Crippen LogP contribution in [0.5, 0.6) is 0 Å². The molecule has 3 heterocycles. The first kappa shape index (κ1) is 30.5. The lowest BCUT2D eigenvalue weighted by atomic mass is 9.81. The monoisotopic (exact) mass is 619 g/mol. The van der Waals surface area contributed by atoms with E-state index < -0.39 is 29.9 Å². The maximum atomic E-state index is 14.1. The molecule has 10 nitrogen and oxygen atoms in total. The van der Waals surface area contributed by atoms with Gasteiger partial charge in [0.1, 0.15) is 12.3 Å². The Hall–Kier alpha value is -3.55. The van der Waals surface area contributed by atoms with Crippen molar-refractivity contribution in [3.05, 3.63) is 47.7 Å². The van der Waals surface area contributed by atoms with Crippen LogP contribution in [0.2, 0.25) is 0 Å². The average Bonchev–Trinajstić information content (AvgIpc) is 3.50. The molecule has 0 saturated heterocycles. The number of alkyl halides is 4. The number of nitrogens with one attached hydrogen (secondary N) is 2. The van der Waals surface area contributed by atoms with Crippen LogP contribution >= 0.6 is 0 Å². The van der Waals surface area contributed by atoms with Crippen LogP contribution < -0.4 is 10.6 Å². The second-order valence-electron chi connectivity index (χ2n) is 12.7. The first-order valence-electron chi connectivity index (χ1n) is 15.2. The van der Waals surface area contributed by atoms with Gasteiger partial charge in [-0.05, 0) is 69.1 Å². The van der Waals surface area contributed by atoms with Gasteiger partial charge in [0.05, 0.1) is 36.3 Å². The molecule has 3 aromatic rings. The number of rotatable bonds is 11. The quantitative estimate of drug-likeness (QED) is 0.286. The van der Waals surface area contributed by atoms with Crippen molar-refractivity contribution in [1.82, 2.24) is 35.0 Å². The van der Waals surface area contributed by atoms with Crippen LogP contribution in [-0.4, -0.2) is 60.7 Å². The predicted molar refractivity (Wildman–Crippen MR) is 150 cm³/mol. The van der Waals surface area contributed by atoms with E-state index in [0.717, 1.165) is 18.4 Å². The molecule has 0 radical (unpaired) electrons. The summed E-state index contributed by atoms with van der Waals surface area (Å²) < 4.78 is 62.8. The van der Waals surface area contributed by atoms with Gasteiger partial charge in [0.15, 0.2) is 5.65 Å². The minimum atomic E-state index is -2.73. The van der Waals surface area contributed by atoms with E-state index in [1.807, 2.05) is 19.9 Å². The lowest BCUT2D eigenvalue weighted by Gasteiger charge is -2.34. The maximum Gasteiger partial charge on any atom is 0.270 e. The predicted octanol–water partition coefficient (Wildman–Crippen LogP) is 5.18. The molecule has 0 bridgehead atoms. The molecular formula is C30H37F4N7O3. The van der Waals surface area contributed by atoms with E-state index in [-0.39, 0.29) is 75.0 Å². The van der Waals surface area contributed by atoms with Gasteiger partial charge in [-0.25, -0.2) is 27.1 Å². The maximum absolute atomic E-state index is 14.1. The van der Waals surface area contributed by atoms with E-state index >= 15 is 0 Å². The van der Waals surface area contributed by atoms with Crippen LogP contribution in [-0.2, 0) is 9.53 Å². The average molecular weight is 620 g/mol. The lowest BCUT2D eigenvalue weighted by Crippen LogP contribution is -2.43. The van der Waals surface area contributed by atoms with Gasteiger partial charge in [-0.3, -0.25) is 14.3 Å². The largest absolute Gasteiger partial charge is 0.368 e. The van der Waals surface area contributed by atoms with E-state index in [4.69, 9.17) is 9.72 Å². The topological polar surface area (TPSA) is 115 Å². The summed E-state index contributed by atoms with van der Waals surface area (Å²) in [5.41, 5.74) is 2.09. The Bertz CT molecular complexity index is 1500. The number of hydrogen-bond donors (Lipinski definition) is 2. The first-order chi connectivity index (χ1) is 20.9. The SMILES string of the molecule is CC(C)n1nccc1C(=O)N[C@H](c1cn2ncc([C@H](NC(=O)COC3CC(F)(F)C3)C3CC3)cc2n1)C1CCC(F)(F)CC1. The summed E-state index contributed by atoms with van der Waals surface area (Å²) in [6, 6.07) is 2.41. The molecule has 0 aromatic carbocycles. The van der Waals surface area contributed by atoms with Crippen molar-refractivity contribution in [2.45, 2.75) is 101 Å². The molecule has 0 aliphatic heterocycles. The number of imidazole rings is 1. The Morgan fingerprint density at radius 2 is 1.70 bits per heavy atom. The molecule has 44 heavy (non-hydrogen) atoms. The van der Waals surface area contributed by atoms with Gasteiger partial charge in [-0.2, -0.15) is 10.2 Å². The third-order valence-electron chi connectivity index (χ3n) is 8.86. The third kappa shape index (κ3) is 6.74. The zero-order valence-corrected chi connectivity index (χ0v) is 24.7. The molecule has 2 atom stereocenters. The molecule has 2 N–H and O–H groups in total. The van der Waals surface area contributed by atoms with Crippen molar-refractivity contribution in [2.75, 3.05) is 6.61 Å². The number of hydrogen-bond acceptors (Lipinski definition) is 6. The van der Waals surface area contributed by atoms with Gasteiger partial charge in [-0.15, -0.1) is 0 Å². The summed E-state index contributed by atoms with van der Waals surface area (Å²) >= 11 is 0. The van der Waals surface area contributed by atoms with Gasteiger partial charge >= 0.3 is 0 Å². The fraction of sp³-hybridized carbons (Fsp3) is 0.633. The molecule has 2 amide bonds. The Morgan fingerprint density at radius 3 is 2.36 bits per heavy atom. The minimum absolute atomic E-state index is 0.0511. The zero-order valence-electron chi connectivity index (χ0n) is 24.7. The van der Waals surface area contributed by atoms with Gasteiger partial charge in [0, 0.05) is 37.9 Å². The fourth-order valence-corrected chi connectivity index (χ4v) is 6.22. The molecule has 3 aliphatic carbocycles. The van der Waals surface area contributed by atoms with Gasteiger partial charge < -0.3 is 15.4 Å². The van der Waals surface area contributed by atoms with Crippen LogP contribution in [0.1, 0.15) is 105 Å². The minimum Gasteiger partial charge on any atom is -0.368 e. The highest BCUT2D eigenvalue weighted by atomic mass is 19.3. The molecule has 0 unspecified atom stereocenters. The van der Waals surface area contributed by atoms with Crippen molar-refractivity contribution in [1.29, 1.82) is 0 Å². The van der Waals surface area contributed by atoms with Crippen LogP contribution in [0.15, 0.2) is 30.7 Å². The summed E-state index contributed by atoms with van der Waals surface area (Å²) in [6.07, 6.45) is 5.28. The summed E-state index contributed by atoms with van der Waals surface area (Å²) in [7, 11) is 0. The number of carbonyl (C=O) groups is 2. The number of ether oxygens (including phenoxy) is 1. The fourth-order valence-electron chi connectivity index (χ4n) is 6.22. The second-order valence-corrected chi connectivity index (χ2v) is 12.7. The van der Waals surface area contributed by atoms with Crippen molar-refractivity contribution >= 4 is 17.5 Å². The molecule has 238 valence electrons. The van der Waals surface area contributed by atoms with Crippen LogP contribution in [0.3, 0.4) is 0 Å². The van der Waals surface area contributed by atoms with Crippen LogP contribution in [0.25, 0.3) is 5.65 Å². The summed E-state index contributed by atoms with van der Waals surface area (Å²) in [5, 5.41) is 14.8. The highest BCUT2D eigenvalue weighted by Gasteiger charge is 2.46. The Balaban J connectivity index is 1.21. The molecule has 3 aliphatic rings. The smallest absolute Gasteiger partial charge is 0.270 e. The lowest BCUT2D eigenvalue weighted by molar-refractivity contribution is -0.170. The first-order valence-corrected chi connectivity index (χ1v) is 15.2. The van der Waals surface area contributed by atoms with Gasteiger partial charge in [0.2, 0.25) is 11.8 Å². The summed E-state index contributed by atoms with van der Waals surface area (Å²) in [5.74, 6) is -6.26. The number of nitrogens with zero attached hydrogens (tertiary/aromatic N) is 5. The summed E-state index contributed by atoms with van der Waals surface area (Å²) in [4.78, 5) is 30.8. The molecular weight excluding hydrogens is 582 g/mol. The third-order valence-corrected chi connectivity index (χ3v) is 8.86. The Kier molecular flexibility index (Phi) is 8.14. The molecule has 14 heteroatoms. The number of halogens is 4. The van der Waals surface area contributed by atoms with Crippen molar-refractivity contribution in [2.24, 2.45) is 11.8 Å². The van der Waals surface area contributed by atoms with Crippen LogP contribution in [0, 0.1) is 11.8 Å². The van der Waals surface area contributed by atoms with Crippen LogP contribution in [0.4, 0.5) is 17.6 Å². The van der Waals surface area contributed by atoms with E-state index in [9.17, 15) is 27.2 Å². The Morgan fingerprint density at radius 1 is 1.00 bits per heavy atom. The highest BCUT2D eigenvalue weighted by Crippen LogP contribution is 2.43. The van der Waals surface area contributed by atoms with E-state index in [0.29, 0.717) is 17.0 Å². The number of carbonyl (C=O) groups excluding carboxylic acids is 2. The van der Waals surface area contributed by atoms with E-state index in [1.54, 1.807) is 33.9 Å².